The molecule has 0 radical (unpaired) electrons. The minimum atomic E-state index is -4.17. The van der Waals surface area contributed by atoms with Crippen LogP contribution in [-0.2, 0) is 10.0 Å². The first-order valence-corrected chi connectivity index (χ1v) is 7.62. The number of anilines is 1. The third-order valence-corrected chi connectivity index (χ3v) is 4.87. The summed E-state index contributed by atoms with van der Waals surface area (Å²) in [4.78, 5) is -0.963. The number of nitrogens with one attached hydrogen (secondary N) is 1. The van der Waals surface area contributed by atoms with Crippen LogP contribution in [0.5, 0.6) is 0 Å². The van der Waals surface area contributed by atoms with Crippen LogP contribution in [0.3, 0.4) is 0 Å². The third-order valence-electron chi connectivity index (χ3n) is 3.36. The molecule has 1 aliphatic carbocycles. The molecule has 0 spiro atoms. The van der Waals surface area contributed by atoms with Crippen LogP contribution >= 0.6 is 0 Å². The van der Waals surface area contributed by atoms with Crippen molar-refractivity contribution in [3.8, 4) is 0 Å². The number of benzene rings is 1. The summed E-state index contributed by atoms with van der Waals surface area (Å²) in [7, 11) is -4.17. The van der Waals surface area contributed by atoms with E-state index in [1.807, 2.05) is 0 Å². The maximum Gasteiger partial charge on any atom is 0.246 e. The van der Waals surface area contributed by atoms with E-state index in [1.54, 1.807) is 0 Å². The van der Waals surface area contributed by atoms with E-state index < -0.39 is 26.6 Å². The van der Waals surface area contributed by atoms with E-state index in [0.717, 1.165) is 25.0 Å². The van der Waals surface area contributed by atoms with Crippen molar-refractivity contribution in [2.24, 2.45) is 5.92 Å². The number of hydrogen-bond donors (Lipinski definition) is 2. The number of nitrogens with two attached hydrogens (primary N) is 1. The fraction of sp³-hybridized carbons (Fsp3) is 0.500. The van der Waals surface area contributed by atoms with E-state index in [4.69, 9.17) is 5.73 Å². The summed E-state index contributed by atoms with van der Waals surface area (Å²) in [5.74, 6) is -1.83. The molecule has 106 valence electrons. The quantitative estimate of drug-likeness (QED) is 0.815. The molecule has 19 heavy (non-hydrogen) atoms. The Morgan fingerprint density at radius 2 is 1.84 bits per heavy atom. The normalized spacial score (nSPS) is 16.3. The molecule has 2 rings (SSSR count). The van der Waals surface area contributed by atoms with Gasteiger partial charge in [0.1, 0.15) is 11.6 Å². The van der Waals surface area contributed by atoms with Gasteiger partial charge in [0.25, 0.3) is 0 Å². The topological polar surface area (TPSA) is 72.2 Å². The van der Waals surface area contributed by atoms with Crippen LogP contribution in [0.4, 0.5) is 14.5 Å². The lowest BCUT2D eigenvalue weighted by Crippen LogP contribution is -2.29. The molecule has 0 unspecified atom stereocenters. The minimum Gasteiger partial charge on any atom is -0.399 e. The van der Waals surface area contributed by atoms with E-state index >= 15 is 0 Å². The first kappa shape index (κ1) is 14.2. The molecule has 7 heteroatoms. The molecule has 0 bridgehead atoms. The summed E-state index contributed by atoms with van der Waals surface area (Å²) in [6, 6.07) is 1.59. The maximum atomic E-state index is 13.5. The van der Waals surface area contributed by atoms with E-state index in [-0.39, 0.29) is 12.2 Å². The summed E-state index contributed by atoms with van der Waals surface area (Å²) in [6.07, 6.45) is 4.04. The molecule has 0 aromatic heterocycles. The van der Waals surface area contributed by atoms with Gasteiger partial charge in [0.2, 0.25) is 10.0 Å². The van der Waals surface area contributed by atoms with Crippen molar-refractivity contribution in [1.82, 2.24) is 4.72 Å². The van der Waals surface area contributed by atoms with E-state index in [1.165, 1.54) is 6.42 Å². The molecule has 1 fully saturated rings. The lowest BCUT2D eigenvalue weighted by Gasteiger charge is -2.25. The third kappa shape index (κ3) is 3.22. The lowest BCUT2D eigenvalue weighted by atomic mass is 9.83. The molecular formula is C12H16F2N2O2S. The number of halogens is 2. The van der Waals surface area contributed by atoms with Gasteiger partial charge in [-0.15, -0.1) is 0 Å². The first-order chi connectivity index (χ1) is 8.90. The van der Waals surface area contributed by atoms with Gasteiger partial charge in [0, 0.05) is 12.2 Å². The lowest BCUT2D eigenvalue weighted by molar-refractivity contribution is 0.297. The van der Waals surface area contributed by atoms with Gasteiger partial charge in [-0.2, -0.15) is 0 Å². The van der Waals surface area contributed by atoms with Crippen LogP contribution in [-0.4, -0.2) is 15.0 Å². The summed E-state index contributed by atoms with van der Waals surface area (Å²) < 4.78 is 53.0. The smallest absolute Gasteiger partial charge is 0.246 e. The molecule has 1 saturated carbocycles. The maximum absolute atomic E-state index is 13.5. The summed E-state index contributed by atoms with van der Waals surface area (Å²) in [6.45, 7) is 0.191. The first-order valence-electron chi connectivity index (χ1n) is 6.14. The highest BCUT2D eigenvalue weighted by Crippen LogP contribution is 2.29. The Labute approximate surface area is 111 Å². The Balaban J connectivity index is 2.10. The van der Waals surface area contributed by atoms with Crippen LogP contribution < -0.4 is 10.5 Å². The van der Waals surface area contributed by atoms with Gasteiger partial charge in [-0.25, -0.2) is 21.9 Å². The Morgan fingerprint density at radius 3 is 2.32 bits per heavy atom. The Morgan fingerprint density at radius 1 is 1.26 bits per heavy atom. The highest BCUT2D eigenvalue weighted by atomic mass is 32.2. The predicted molar refractivity (Wildman–Crippen MR) is 67.9 cm³/mol. The molecule has 0 amide bonds. The monoisotopic (exact) mass is 290 g/mol. The second kappa shape index (κ2) is 5.42. The highest BCUT2D eigenvalue weighted by molar-refractivity contribution is 7.89. The molecule has 0 atom stereocenters. The SMILES string of the molecule is Nc1cc(F)c(S(=O)(=O)NCCC2CCC2)c(F)c1. The van der Waals surface area contributed by atoms with Crippen LogP contribution in [0.1, 0.15) is 25.7 Å². The zero-order chi connectivity index (χ0) is 14.0. The zero-order valence-electron chi connectivity index (χ0n) is 10.3. The van der Waals surface area contributed by atoms with Gasteiger partial charge in [-0.1, -0.05) is 19.3 Å². The average Bonchev–Trinajstić information content (AvgIpc) is 2.19. The van der Waals surface area contributed by atoms with Crippen molar-refractivity contribution in [2.75, 3.05) is 12.3 Å². The van der Waals surface area contributed by atoms with E-state index in [0.29, 0.717) is 12.3 Å². The van der Waals surface area contributed by atoms with Gasteiger partial charge in [0.05, 0.1) is 0 Å². The van der Waals surface area contributed by atoms with E-state index in [2.05, 4.69) is 4.72 Å². The van der Waals surface area contributed by atoms with Crippen molar-refractivity contribution in [3.05, 3.63) is 23.8 Å². The molecule has 0 aliphatic heterocycles. The van der Waals surface area contributed by atoms with Crippen LogP contribution in [0.2, 0.25) is 0 Å². The van der Waals surface area contributed by atoms with Crippen molar-refractivity contribution in [3.63, 3.8) is 0 Å². The number of rotatable bonds is 5. The molecule has 1 aromatic carbocycles. The number of nitrogen functional groups attached to an aromatic ring is 1. The minimum absolute atomic E-state index is 0.150. The predicted octanol–water partition coefficient (Wildman–Crippen LogP) is 2.02. The second-order valence-corrected chi connectivity index (χ2v) is 6.50. The summed E-state index contributed by atoms with van der Waals surface area (Å²) >= 11 is 0. The van der Waals surface area contributed by atoms with Crippen molar-refractivity contribution in [2.45, 2.75) is 30.6 Å². The fourth-order valence-electron chi connectivity index (χ4n) is 2.09. The zero-order valence-corrected chi connectivity index (χ0v) is 11.1. The van der Waals surface area contributed by atoms with Crippen LogP contribution in [0, 0.1) is 17.6 Å². The average molecular weight is 290 g/mol. The number of hydrogen-bond acceptors (Lipinski definition) is 3. The van der Waals surface area contributed by atoms with Crippen molar-refractivity contribution >= 4 is 15.7 Å². The molecule has 4 nitrogen and oxygen atoms in total. The Bertz CT molecular complexity index is 548. The van der Waals surface area contributed by atoms with Gasteiger partial charge in [-0.05, 0) is 24.5 Å². The van der Waals surface area contributed by atoms with Crippen LogP contribution in [0.15, 0.2) is 17.0 Å². The largest absolute Gasteiger partial charge is 0.399 e. The molecule has 0 saturated heterocycles. The van der Waals surface area contributed by atoms with E-state index in [9.17, 15) is 17.2 Å². The van der Waals surface area contributed by atoms with Crippen LogP contribution in [0.25, 0.3) is 0 Å². The highest BCUT2D eigenvalue weighted by Gasteiger charge is 2.25. The Hall–Kier alpha value is -1.21. The molecular weight excluding hydrogens is 274 g/mol. The van der Waals surface area contributed by atoms with Gasteiger partial charge >= 0.3 is 0 Å². The van der Waals surface area contributed by atoms with Gasteiger partial charge < -0.3 is 5.73 Å². The summed E-state index contributed by atoms with van der Waals surface area (Å²) in [5, 5.41) is 0. The fourth-order valence-corrected chi connectivity index (χ4v) is 3.25. The van der Waals surface area contributed by atoms with Crippen molar-refractivity contribution < 1.29 is 17.2 Å². The van der Waals surface area contributed by atoms with Gasteiger partial charge in [0.15, 0.2) is 4.90 Å². The van der Waals surface area contributed by atoms with Crippen molar-refractivity contribution in [1.29, 1.82) is 0 Å². The standard InChI is InChI=1S/C12H16F2N2O2S/c13-10-6-9(15)7-11(14)12(10)19(17,18)16-5-4-8-2-1-3-8/h6-8,16H,1-5,15H2. The summed E-state index contributed by atoms with van der Waals surface area (Å²) in [5.41, 5.74) is 5.09. The molecule has 1 aromatic rings. The molecule has 0 heterocycles. The molecule has 3 N–H and O–H groups in total. The van der Waals surface area contributed by atoms with Gasteiger partial charge in [-0.3, -0.25) is 0 Å². The molecule has 1 aliphatic rings. The second-order valence-electron chi connectivity index (χ2n) is 4.80. The number of sulfonamides is 1. The Kier molecular flexibility index (Phi) is 4.05.